The highest BCUT2D eigenvalue weighted by atomic mass is 16.6. The summed E-state index contributed by atoms with van der Waals surface area (Å²) in [7, 11) is 1.68. The predicted molar refractivity (Wildman–Crippen MR) is 111 cm³/mol. The summed E-state index contributed by atoms with van der Waals surface area (Å²) in [5, 5.41) is 0. The number of nitrogens with zero attached hydrogens (tertiary/aromatic N) is 1. The van der Waals surface area contributed by atoms with E-state index >= 15 is 0 Å². The Hall–Kier alpha value is -1.38. The molecule has 0 aliphatic heterocycles. The van der Waals surface area contributed by atoms with E-state index in [2.05, 4.69) is 6.92 Å². The van der Waals surface area contributed by atoms with Crippen molar-refractivity contribution in [3.8, 4) is 0 Å². The SMILES string of the molecule is CCCCCCC(=O)OCCOCCOCCOCCN(C)C(=O)OC(C)(C)C. The Bertz CT molecular complexity index is 424. The molecule has 0 heterocycles. The lowest BCUT2D eigenvalue weighted by molar-refractivity contribution is -0.145. The van der Waals surface area contributed by atoms with Crippen molar-refractivity contribution in [2.75, 3.05) is 59.8 Å². The quantitative estimate of drug-likeness (QED) is 0.264. The molecule has 0 atom stereocenters. The van der Waals surface area contributed by atoms with Crippen molar-refractivity contribution in [2.24, 2.45) is 0 Å². The average molecular weight is 420 g/mol. The molecule has 0 aromatic carbocycles. The molecule has 0 unspecified atom stereocenters. The fraction of sp³-hybridized carbons (Fsp3) is 0.905. The minimum absolute atomic E-state index is 0.157. The highest BCUT2D eigenvalue weighted by molar-refractivity contribution is 5.69. The molecule has 0 aliphatic rings. The predicted octanol–water partition coefficient (Wildman–Crippen LogP) is 3.42. The van der Waals surface area contributed by atoms with Gasteiger partial charge in [-0.1, -0.05) is 26.2 Å². The van der Waals surface area contributed by atoms with E-state index in [9.17, 15) is 9.59 Å². The second kappa shape index (κ2) is 17.5. The Labute approximate surface area is 176 Å². The van der Waals surface area contributed by atoms with Gasteiger partial charge in [-0.15, -0.1) is 0 Å². The van der Waals surface area contributed by atoms with Gasteiger partial charge in [-0.3, -0.25) is 4.79 Å². The van der Waals surface area contributed by atoms with Gasteiger partial charge in [0.2, 0.25) is 0 Å². The molecule has 0 saturated heterocycles. The van der Waals surface area contributed by atoms with Crippen LogP contribution in [-0.2, 0) is 28.5 Å². The molecule has 8 heteroatoms. The monoisotopic (exact) mass is 419 g/mol. The third-order valence-corrected chi connectivity index (χ3v) is 3.75. The summed E-state index contributed by atoms with van der Waals surface area (Å²) in [6.45, 7) is 10.9. The number of hydrogen-bond acceptors (Lipinski definition) is 7. The molecule has 0 aromatic heterocycles. The summed E-state index contributed by atoms with van der Waals surface area (Å²) in [6.07, 6.45) is 4.39. The van der Waals surface area contributed by atoms with Crippen molar-refractivity contribution in [3.63, 3.8) is 0 Å². The van der Waals surface area contributed by atoms with Crippen LogP contribution in [0.15, 0.2) is 0 Å². The standard InChI is InChI=1S/C21H41NO7/c1-6-7-8-9-10-19(23)28-18-17-27-16-15-26-14-13-25-12-11-22(5)20(24)29-21(2,3)4/h6-18H2,1-5H3. The molecule has 8 nitrogen and oxygen atoms in total. The highest BCUT2D eigenvalue weighted by Gasteiger charge is 2.19. The third-order valence-electron chi connectivity index (χ3n) is 3.75. The number of unbranched alkanes of at least 4 members (excludes halogenated alkanes) is 3. The number of rotatable bonds is 17. The van der Waals surface area contributed by atoms with Crippen molar-refractivity contribution < 1.29 is 33.3 Å². The molecular formula is C21H41NO7. The Kier molecular flexibility index (Phi) is 16.6. The summed E-state index contributed by atoms with van der Waals surface area (Å²) in [5.41, 5.74) is -0.502. The first-order valence-corrected chi connectivity index (χ1v) is 10.6. The summed E-state index contributed by atoms with van der Waals surface area (Å²) in [5.74, 6) is -0.157. The number of carbonyl (C=O) groups excluding carboxylic acids is 2. The summed E-state index contributed by atoms with van der Waals surface area (Å²) >= 11 is 0. The van der Waals surface area contributed by atoms with Gasteiger partial charge in [0, 0.05) is 20.0 Å². The van der Waals surface area contributed by atoms with Gasteiger partial charge in [-0.2, -0.15) is 0 Å². The Balaban J connectivity index is 3.35. The van der Waals surface area contributed by atoms with Gasteiger partial charge >= 0.3 is 12.1 Å². The van der Waals surface area contributed by atoms with Crippen molar-refractivity contribution in [1.82, 2.24) is 4.90 Å². The number of hydrogen-bond donors (Lipinski definition) is 0. The molecule has 0 aliphatic carbocycles. The Morgan fingerprint density at radius 2 is 1.34 bits per heavy atom. The van der Waals surface area contributed by atoms with Crippen LogP contribution in [0.4, 0.5) is 4.79 Å². The second-order valence-corrected chi connectivity index (χ2v) is 7.77. The molecule has 172 valence electrons. The van der Waals surface area contributed by atoms with Crippen LogP contribution in [0.3, 0.4) is 0 Å². The molecule has 29 heavy (non-hydrogen) atoms. The molecule has 0 spiro atoms. The van der Waals surface area contributed by atoms with Crippen molar-refractivity contribution in [1.29, 1.82) is 0 Å². The maximum absolute atomic E-state index is 11.8. The van der Waals surface area contributed by atoms with Crippen molar-refractivity contribution in [2.45, 2.75) is 65.4 Å². The van der Waals surface area contributed by atoms with E-state index in [-0.39, 0.29) is 18.7 Å². The van der Waals surface area contributed by atoms with E-state index in [4.69, 9.17) is 23.7 Å². The van der Waals surface area contributed by atoms with Crippen molar-refractivity contribution in [3.05, 3.63) is 0 Å². The van der Waals surface area contributed by atoms with Gasteiger partial charge in [0.1, 0.15) is 12.2 Å². The topological polar surface area (TPSA) is 83.5 Å². The van der Waals surface area contributed by atoms with Crippen LogP contribution in [0.5, 0.6) is 0 Å². The molecule has 1 amide bonds. The number of amides is 1. The fourth-order valence-electron chi connectivity index (χ4n) is 2.16. The maximum Gasteiger partial charge on any atom is 0.410 e. The van der Waals surface area contributed by atoms with Crippen LogP contribution in [0.1, 0.15) is 59.8 Å². The van der Waals surface area contributed by atoms with Gasteiger partial charge in [-0.05, 0) is 27.2 Å². The molecule has 0 radical (unpaired) electrons. The van der Waals surface area contributed by atoms with E-state index < -0.39 is 5.60 Å². The zero-order chi connectivity index (χ0) is 22.0. The Morgan fingerprint density at radius 3 is 1.90 bits per heavy atom. The summed E-state index contributed by atoms with van der Waals surface area (Å²) in [6, 6.07) is 0. The number of ether oxygens (including phenoxy) is 5. The van der Waals surface area contributed by atoms with Crippen LogP contribution in [0.2, 0.25) is 0 Å². The normalized spacial score (nSPS) is 11.3. The second-order valence-electron chi connectivity index (χ2n) is 7.77. The molecule has 0 rings (SSSR count). The number of esters is 1. The van der Waals surface area contributed by atoms with E-state index in [1.54, 1.807) is 7.05 Å². The van der Waals surface area contributed by atoms with Crippen LogP contribution >= 0.6 is 0 Å². The van der Waals surface area contributed by atoms with Crippen molar-refractivity contribution >= 4 is 12.1 Å². The van der Waals surface area contributed by atoms with Gasteiger partial charge in [-0.25, -0.2) is 4.79 Å². The van der Waals surface area contributed by atoms with Gasteiger partial charge in [0.15, 0.2) is 0 Å². The number of likely N-dealkylation sites (N-methyl/N-ethyl adjacent to an activating group) is 1. The van der Waals surface area contributed by atoms with E-state index in [1.807, 2.05) is 20.8 Å². The smallest absolute Gasteiger partial charge is 0.410 e. The summed E-state index contributed by atoms with van der Waals surface area (Å²) < 4.78 is 26.5. The average Bonchev–Trinajstić information content (AvgIpc) is 2.64. The summed E-state index contributed by atoms with van der Waals surface area (Å²) in [4.78, 5) is 24.7. The molecule has 0 fully saturated rings. The lowest BCUT2D eigenvalue weighted by Gasteiger charge is -2.24. The van der Waals surface area contributed by atoms with Gasteiger partial charge in [0.25, 0.3) is 0 Å². The maximum atomic E-state index is 11.8. The fourth-order valence-corrected chi connectivity index (χ4v) is 2.16. The van der Waals surface area contributed by atoms with Gasteiger partial charge < -0.3 is 28.6 Å². The highest BCUT2D eigenvalue weighted by Crippen LogP contribution is 2.08. The lowest BCUT2D eigenvalue weighted by atomic mass is 10.2. The van der Waals surface area contributed by atoms with E-state index in [0.29, 0.717) is 52.6 Å². The molecule has 0 saturated carbocycles. The third kappa shape index (κ3) is 19.7. The van der Waals surface area contributed by atoms with Gasteiger partial charge in [0.05, 0.1) is 39.6 Å². The van der Waals surface area contributed by atoms with E-state index in [1.165, 1.54) is 4.90 Å². The number of carbonyl (C=O) groups is 2. The minimum atomic E-state index is -0.502. The molecule has 0 bridgehead atoms. The molecule has 0 N–H and O–H groups in total. The Morgan fingerprint density at radius 1 is 0.793 bits per heavy atom. The first-order valence-electron chi connectivity index (χ1n) is 10.6. The van der Waals surface area contributed by atoms with Crippen LogP contribution in [0, 0.1) is 0 Å². The molecule has 0 aromatic rings. The zero-order valence-electron chi connectivity index (χ0n) is 19.0. The van der Waals surface area contributed by atoms with E-state index in [0.717, 1.165) is 25.7 Å². The first kappa shape index (κ1) is 27.6. The van der Waals surface area contributed by atoms with Crippen LogP contribution in [-0.4, -0.2) is 82.4 Å². The minimum Gasteiger partial charge on any atom is -0.463 e. The van der Waals surface area contributed by atoms with Crippen LogP contribution in [0.25, 0.3) is 0 Å². The zero-order valence-corrected chi connectivity index (χ0v) is 19.0. The first-order chi connectivity index (χ1) is 13.8. The van der Waals surface area contributed by atoms with Crippen LogP contribution < -0.4 is 0 Å². The molecular weight excluding hydrogens is 378 g/mol. The lowest BCUT2D eigenvalue weighted by Crippen LogP contribution is -2.36. The largest absolute Gasteiger partial charge is 0.463 e.